The second-order valence-corrected chi connectivity index (χ2v) is 7.31. The number of hydrogen-bond acceptors (Lipinski definition) is 8. The zero-order valence-electron chi connectivity index (χ0n) is 17.2. The number of aryl methyl sites for hydroxylation is 1. The van der Waals surface area contributed by atoms with Crippen LogP contribution in [0.4, 0.5) is 0 Å². The molecule has 1 amide bonds. The summed E-state index contributed by atoms with van der Waals surface area (Å²) in [6, 6.07) is 0. The monoisotopic (exact) mass is 424 g/mol. The highest BCUT2D eigenvalue weighted by molar-refractivity contribution is 7.99. The molecule has 0 N–H and O–H groups in total. The summed E-state index contributed by atoms with van der Waals surface area (Å²) in [7, 11) is 1.65. The fourth-order valence-corrected chi connectivity index (χ4v) is 3.84. The predicted molar refractivity (Wildman–Crippen MR) is 108 cm³/mol. The van der Waals surface area contributed by atoms with Crippen LogP contribution in [0.3, 0.4) is 0 Å². The predicted octanol–water partition coefficient (Wildman–Crippen LogP) is 1.16. The molecule has 0 saturated carbocycles. The second kappa shape index (κ2) is 10.6. The number of ether oxygens (including phenoxy) is 3. The van der Waals surface area contributed by atoms with Gasteiger partial charge in [0.25, 0.3) is 0 Å². The smallest absolute Gasteiger partial charge is 0.243 e. The van der Waals surface area contributed by atoms with Gasteiger partial charge in [0.1, 0.15) is 5.56 Å². The molecule has 0 radical (unpaired) electrons. The summed E-state index contributed by atoms with van der Waals surface area (Å²) in [4.78, 5) is 14.3. The maximum Gasteiger partial charge on any atom is 0.243 e. The molecule has 1 saturated heterocycles. The summed E-state index contributed by atoms with van der Waals surface area (Å²) in [6.45, 7) is 8.68. The molecule has 3 heterocycles. The van der Waals surface area contributed by atoms with Crippen LogP contribution in [0, 0.1) is 0 Å². The maximum atomic E-state index is 12.5. The number of nitrogens with zero attached hydrogens (tertiary/aromatic N) is 6. The van der Waals surface area contributed by atoms with E-state index in [0.29, 0.717) is 68.7 Å². The highest BCUT2D eigenvalue weighted by atomic mass is 32.2. The van der Waals surface area contributed by atoms with Crippen LogP contribution in [-0.2, 0) is 27.4 Å². The lowest BCUT2D eigenvalue weighted by atomic mass is 10.3. The minimum atomic E-state index is 0.0787. The van der Waals surface area contributed by atoms with E-state index in [9.17, 15) is 4.79 Å². The van der Waals surface area contributed by atoms with E-state index in [1.54, 1.807) is 7.11 Å². The summed E-state index contributed by atoms with van der Waals surface area (Å²) in [6.07, 6.45) is 1.91. The van der Waals surface area contributed by atoms with E-state index in [4.69, 9.17) is 14.2 Å². The van der Waals surface area contributed by atoms with Gasteiger partial charge in [-0.25, -0.2) is 0 Å². The largest absolute Gasteiger partial charge is 0.476 e. The number of rotatable bonds is 10. The topological polar surface area (TPSA) is 96.5 Å². The van der Waals surface area contributed by atoms with Crippen LogP contribution < -0.4 is 4.74 Å². The molecule has 1 aliphatic heterocycles. The van der Waals surface area contributed by atoms with Crippen LogP contribution in [-0.4, -0.2) is 87.7 Å². The van der Waals surface area contributed by atoms with Crippen molar-refractivity contribution < 1.29 is 19.0 Å². The van der Waals surface area contributed by atoms with E-state index < -0.39 is 0 Å². The van der Waals surface area contributed by atoms with E-state index in [1.807, 2.05) is 34.2 Å². The van der Waals surface area contributed by atoms with Gasteiger partial charge in [-0.2, -0.15) is 0 Å². The molecule has 0 aliphatic carbocycles. The van der Waals surface area contributed by atoms with Crippen molar-refractivity contribution in [2.75, 3.05) is 52.4 Å². The molecular formula is C18H28N6O4S. The fourth-order valence-electron chi connectivity index (χ4n) is 2.97. The third kappa shape index (κ3) is 5.28. The van der Waals surface area contributed by atoms with E-state index in [0.717, 1.165) is 12.1 Å². The fraction of sp³-hybridized carbons (Fsp3) is 0.667. The van der Waals surface area contributed by atoms with Crippen molar-refractivity contribution >= 4 is 17.7 Å². The first-order valence-corrected chi connectivity index (χ1v) is 10.8. The van der Waals surface area contributed by atoms with Crippen molar-refractivity contribution in [2.24, 2.45) is 0 Å². The summed E-state index contributed by atoms with van der Waals surface area (Å²) >= 11 is 1.38. The van der Waals surface area contributed by atoms with Crippen LogP contribution >= 0.6 is 11.8 Å². The van der Waals surface area contributed by atoms with Crippen molar-refractivity contribution in [2.45, 2.75) is 32.1 Å². The molecule has 160 valence electrons. The van der Waals surface area contributed by atoms with Gasteiger partial charge in [0.15, 0.2) is 11.0 Å². The molecule has 1 fully saturated rings. The molecule has 2 aromatic heterocycles. The third-order valence-electron chi connectivity index (χ3n) is 4.50. The van der Waals surface area contributed by atoms with Gasteiger partial charge in [-0.15, -0.1) is 15.3 Å². The van der Waals surface area contributed by atoms with Gasteiger partial charge in [0, 0.05) is 32.9 Å². The van der Waals surface area contributed by atoms with Gasteiger partial charge < -0.3 is 19.1 Å². The first kappa shape index (κ1) is 21.6. The molecule has 0 atom stereocenters. The molecule has 11 heteroatoms. The molecule has 10 nitrogen and oxygen atoms in total. The summed E-state index contributed by atoms with van der Waals surface area (Å²) in [5.41, 5.74) is 0.781. The Balaban J connectivity index is 1.81. The Morgan fingerprint density at radius 1 is 1.28 bits per heavy atom. The molecular weight excluding hydrogens is 396 g/mol. The van der Waals surface area contributed by atoms with E-state index in [-0.39, 0.29) is 5.91 Å². The summed E-state index contributed by atoms with van der Waals surface area (Å²) in [5.74, 6) is 1.57. The lowest BCUT2D eigenvalue weighted by molar-refractivity contribution is -0.132. The number of amides is 1. The van der Waals surface area contributed by atoms with Crippen LogP contribution in [0.1, 0.15) is 13.8 Å². The van der Waals surface area contributed by atoms with Gasteiger partial charge in [-0.05, 0) is 13.8 Å². The Bertz CT molecular complexity index is 802. The number of hydrogen-bond donors (Lipinski definition) is 0. The first-order chi connectivity index (χ1) is 14.2. The Morgan fingerprint density at radius 2 is 2.07 bits per heavy atom. The minimum Gasteiger partial charge on any atom is -0.476 e. The zero-order chi connectivity index (χ0) is 20.6. The van der Waals surface area contributed by atoms with Gasteiger partial charge >= 0.3 is 0 Å². The zero-order valence-corrected chi connectivity index (χ0v) is 18.0. The van der Waals surface area contributed by atoms with Crippen molar-refractivity contribution in [3.63, 3.8) is 0 Å². The lowest BCUT2D eigenvalue weighted by Gasteiger charge is -2.26. The normalized spacial score (nSPS) is 14.4. The number of carbonyl (C=O) groups excluding carboxylic acids is 1. The van der Waals surface area contributed by atoms with E-state index in [2.05, 4.69) is 15.3 Å². The number of methoxy groups -OCH3 is 1. The van der Waals surface area contributed by atoms with Crippen molar-refractivity contribution in [3.05, 3.63) is 6.20 Å². The van der Waals surface area contributed by atoms with Gasteiger partial charge in [-0.1, -0.05) is 11.8 Å². The van der Waals surface area contributed by atoms with Crippen molar-refractivity contribution in [1.82, 2.24) is 29.4 Å². The van der Waals surface area contributed by atoms with Crippen LogP contribution in [0.5, 0.6) is 5.88 Å². The number of carbonyl (C=O) groups is 1. The first-order valence-electron chi connectivity index (χ1n) is 9.79. The molecule has 0 bridgehead atoms. The Hall–Kier alpha value is -2.11. The average Bonchev–Trinajstić information content (AvgIpc) is 3.34. The maximum absolute atomic E-state index is 12.5. The minimum absolute atomic E-state index is 0.0787. The Labute approximate surface area is 174 Å². The SMILES string of the molecule is CCOc1nn(CC)cc1-c1nnc(SCC(=O)N2CCOCC2)n1CCOC. The summed E-state index contributed by atoms with van der Waals surface area (Å²) in [5, 5.41) is 13.8. The number of morpholine rings is 1. The summed E-state index contributed by atoms with van der Waals surface area (Å²) < 4.78 is 20.0. The molecule has 0 unspecified atom stereocenters. The van der Waals surface area contributed by atoms with Gasteiger partial charge in [0.05, 0.1) is 38.7 Å². The van der Waals surface area contributed by atoms with E-state index in [1.165, 1.54) is 11.8 Å². The Morgan fingerprint density at radius 3 is 2.76 bits per heavy atom. The molecule has 0 spiro atoms. The molecule has 1 aliphatic rings. The highest BCUT2D eigenvalue weighted by Crippen LogP contribution is 2.30. The van der Waals surface area contributed by atoms with Crippen molar-refractivity contribution in [1.29, 1.82) is 0 Å². The van der Waals surface area contributed by atoms with Crippen LogP contribution in [0.2, 0.25) is 0 Å². The van der Waals surface area contributed by atoms with Crippen LogP contribution in [0.25, 0.3) is 11.4 Å². The number of thioether (sulfide) groups is 1. The quantitative estimate of drug-likeness (QED) is 0.524. The Kier molecular flexibility index (Phi) is 7.90. The number of aromatic nitrogens is 5. The molecule has 29 heavy (non-hydrogen) atoms. The highest BCUT2D eigenvalue weighted by Gasteiger charge is 2.23. The lowest BCUT2D eigenvalue weighted by Crippen LogP contribution is -2.41. The van der Waals surface area contributed by atoms with E-state index >= 15 is 0 Å². The second-order valence-electron chi connectivity index (χ2n) is 6.37. The van der Waals surface area contributed by atoms with Gasteiger partial charge in [-0.3, -0.25) is 14.0 Å². The van der Waals surface area contributed by atoms with Gasteiger partial charge in [0.2, 0.25) is 11.8 Å². The molecule has 2 aromatic rings. The average molecular weight is 425 g/mol. The molecule has 0 aromatic carbocycles. The van der Waals surface area contributed by atoms with Crippen LogP contribution in [0.15, 0.2) is 11.4 Å². The third-order valence-corrected chi connectivity index (χ3v) is 5.45. The standard InChI is InChI=1S/C18H28N6O4S/c1-4-23-12-14(17(21-23)28-5-2)16-19-20-18(24(16)8-9-26-3)29-13-15(25)22-6-10-27-11-7-22/h12H,4-11,13H2,1-3H3. The van der Waals surface area contributed by atoms with Crippen molar-refractivity contribution in [3.8, 4) is 17.3 Å². The molecule has 3 rings (SSSR count).